The molecule has 0 atom stereocenters. The number of fused-ring (bicyclic) bond motifs is 1. The van der Waals surface area contributed by atoms with Gasteiger partial charge in [0.25, 0.3) is 0 Å². The van der Waals surface area contributed by atoms with Crippen molar-refractivity contribution in [3.63, 3.8) is 0 Å². The summed E-state index contributed by atoms with van der Waals surface area (Å²) in [6.45, 7) is 2.82. The van der Waals surface area contributed by atoms with E-state index in [1.54, 1.807) is 27.5 Å². The predicted octanol–water partition coefficient (Wildman–Crippen LogP) is 3.76. The van der Waals surface area contributed by atoms with Crippen molar-refractivity contribution in [2.45, 2.75) is 25.4 Å². The van der Waals surface area contributed by atoms with Crippen molar-refractivity contribution >= 4 is 16.6 Å². The van der Waals surface area contributed by atoms with E-state index < -0.39 is 0 Å². The van der Waals surface area contributed by atoms with E-state index >= 15 is 0 Å². The monoisotopic (exact) mass is 422 g/mol. The summed E-state index contributed by atoms with van der Waals surface area (Å²) in [6.07, 6.45) is 3.87. The minimum atomic E-state index is 0.545. The van der Waals surface area contributed by atoms with E-state index in [4.69, 9.17) is 14.2 Å². The Balaban J connectivity index is 1.55. The van der Waals surface area contributed by atoms with Gasteiger partial charge in [-0.1, -0.05) is 30.3 Å². The average molecular weight is 423 g/mol. The number of aromatic nitrogens is 2. The van der Waals surface area contributed by atoms with Gasteiger partial charge in [0.2, 0.25) is 5.75 Å². The molecule has 1 fully saturated rings. The Bertz CT molecular complexity index is 1020. The summed E-state index contributed by atoms with van der Waals surface area (Å²) in [5.41, 5.74) is 1.35. The molecular formula is C24H30N4O3. The second kappa shape index (κ2) is 9.39. The fraction of sp³-hybridized carbons (Fsp3) is 0.417. The lowest BCUT2D eigenvalue weighted by Crippen LogP contribution is -2.43. The maximum atomic E-state index is 5.64. The minimum Gasteiger partial charge on any atom is -0.493 e. The molecule has 0 N–H and O–H groups in total. The summed E-state index contributed by atoms with van der Waals surface area (Å²) in [7, 11) is 7.09. The molecule has 0 spiro atoms. The van der Waals surface area contributed by atoms with Crippen molar-refractivity contribution in [3.05, 3.63) is 48.2 Å². The lowest BCUT2D eigenvalue weighted by atomic mass is 10.0. The molecule has 7 heteroatoms. The quantitative estimate of drug-likeness (QED) is 0.575. The first-order valence-electron chi connectivity index (χ1n) is 10.6. The SMILES string of the molecule is COc1cc2c(N3CCC(N(C)Cc4ccccc4)CC3)nncc2c(OC)c1OC. The summed E-state index contributed by atoms with van der Waals surface area (Å²) in [5.74, 6) is 2.67. The molecule has 2 heterocycles. The molecule has 1 saturated heterocycles. The first-order valence-corrected chi connectivity index (χ1v) is 10.6. The van der Waals surface area contributed by atoms with Crippen molar-refractivity contribution in [1.29, 1.82) is 0 Å². The third kappa shape index (κ3) is 4.23. The highest BCUT2D eigenvalue weighted by Crippen LogP contribution is 2.45. The Hall–Kier alpha value is -3.06. The van der Waals surface area contributed by atoms with Crippen LogP contribution >= 0.6 is 0 Å². The van der Waals surface area contributed by atoms with Gasteiger partial charge in [-0.2, -0.15) is 5.10 Å². The van der Waals surface area contributed by atoms with Crippen molar-refractivity contribution < 1.29 is 14.2 Å². The van der Waals surface area contributed by atoms with Gasteiger partial charge < -0.3 is 19.1 Å². The fourth-order valence-corrected chi connectivity index (χ4v) is 4.44. The number of methoxy groups -OCH3 is 3. The molecule has 1 aromatic heterocycles. The molecular weight excluding hydrogens is 392 g/mol. The van der Waals surface area contributed by atoms with E-state index in [0.717, 1.165) is 49.1 Å². The molecule has 1 aliphatic rings. The first-order chi connectivity index (χ1) is 15.2. The molecule has 2 aromatic carbocycles. The third-order valence-corrected chi connectivity index (χ3v) is 6.11. The Morgan fingerprint density at radius 1 is 0.968 bits per heavy atom. The van der Waals surface area contributed by atoms with E-state index in [1.165, 1.54) is 5.56 Å². The van der Waals surface area contributed by atoms with Gasteiger partial charge in [-0.3, -0.25) is 4.90 Å². The first kappa shape index (κ1) is 21.2. The van der Waals surface area contributed by atoms with Crippen LogP contribution in [0.3, 0.4) is 0 Å². The summed E-state index contributed by atoms with van der Waals surface area (Å²) in [4.78, 5) is 4.77. The number of benzene rings is 2. The van der Waals surface area contributed by atoms with Crippen LogP contribution < -0.4 is 19.1 Å². The summed E-state index contributed by atoms with van der Waals surface area (Å²) < 4.78 is 16.7. The van der Waals surface area contributed by atoms with Crippen LogP contribution in [0.1, 0.15) is 18.4 Å². The Morgan fingerprint density at radius 3 is 2.32 bits per heavy atom. The van der Waals surface area contributed by atoms with Crippen LogP contribution in [0.5, 0.6) is 17.2 Å². The number of nitrogens with zero attached hydrogens (tertiary/aromatic N) is 4. The zero-order valence-corrected chi connectivity index (χ0v) is 18.7. The maximum Gasteiger partial charge on any atom is 0.204 e. The van der Waals surface area contributed by atoms with E-state index in [2.05, 4.69) is 57.4 Å². The van der Waals surface area contributed by atoms with Crippen LogP contribution in [-0.2, 0) is 6.54 Å². The Kier molecular flexibility index (Phi) is 6.42. The number of rotatable bonds is 7. The highest BCUT2D eigenvalue weighted by Gasteiger charge is 2.26. The zero-order chi connectivity index (χ0) is 21.8. The standard InChI is InChI=1S/C24H30N4O3/c1-27(16-17-8-6-5-7-9-17)18-10-12-28(13-11-18)24-19-14-21(29-2)23(31-4)22(30-3)20(19)15-25-26-24/h5-9,14-15,18H,10-13,16H2,1-4H3. The van der Waals surface area contributed by atoms with Crippen LogP contribution in [0.2, 0.25) is 0 Å². The van der Waals surface area contributed by atoms with Crippen molar-refractivity contribution in [1.82, 2.24) is 15.1 Å². The van der Waals surface area contributed by atoms with Gasteiger partial charge in [0.05, 0.1) is 32.9 Å². The topological polar surface area (TPSA) is 60.0 Å². The molecule has 1 aliphatic heterocycles. The van der Waals surface area contributed by atoms with Gasteiger partial charge in [-0.25, -0.2) is 0 Å². The second-order valence-corrected chi connectivity index (χ2v) is 7.89. The normalized spacial score (nSPS) is 14.8. The molecule has 164 valence electrons. The third-order valence-electron chi connectivity index (χ3n) is 6.11. The molecule has 0 unspecified atom stereocenters. The van der Waals surface area contributed by atoms with Crippen LogP contribution in [-0.4, -0.2) is 62.6 Å². The number of piperidine rings is 1. The van der Waals surface area contributed by atoms with Crippen LogP contribution in [0.15, 0.2) is 42.6 Å². The second-order valence-electron chi connectivity index (χ2n) is 7.89. The summed E-state index contributed by atoms with van der Waals surface area (Å²) in [6, 6.07) is 13.1. The van der Waals surface area contributed by atoms with Crippen LogP contribution in [0.4, 0.5) is 5.82 Å². The molecule has 4 rings (SSSR count). The summed E-state index contributed by atoms with van der Waals surface area (Å²) in [5, 5.41) is 10.6. The summed E-state index contributed by atoms with van der Waals surface area (Å²) >= 11 is 0. The largest absolute Gasteiger partial charge is 0.493 e. The minimum absolute atomic E-state index is 0.545. The molecule has 0 saturated carbocycles. The Labute approximate surface area is 183 Å². The number of anilines is 1. The van der Waals surface area contributed by atoms with Gasteiger partial charge >= 0.3 is 0 Å². The smallest absolute Gasteiger partial charge is 0.204 e. The number of ether oxygens (including phenoxy) is 3. The van der Waals surface area contributed by atoms with Gasteiger partial charge in [0.15, 0.2) is 17.3 Å². The number of hydrogen-bond acceptors (Lipinski definition) is 7. The molecule has 3 aromatic rings. The Morgan fingerprint density at radius 2 is 1.68 bits per heavy atom. The zero-order valence-electron chi connectivity index (χ0n) is 18.7. The van der Waals surface area contributed by atoms with E-state index in [0.29, 0.717) is 23.3 Å². The van der Waals surface area contributed by atoms with E-state index in [9.17, 15) is 0 Å². The van der Waals surface area contributed by atoms with Crippen molar-refractivity contribution in [2.24, 2.45) is 0 Å². The molecule has 0 aliphatic carbocycles. The fourth-order valence-electron chi connectivity index (χ4n) is 4.44. The van der Waals surface area contributed by atoms with Gasteiger partial charge in [0.1, 0.15) is 0 Å². The predicted molar refractivity (Wildman–Crippen MR) is 122 cm³/mol. The molecule has 7 nitrogen and oxygen atoms in total. The van der Waals surface area contributed by atoms with Crippen molar-refractivity contribution in [3.8, 4) is 17.2 Å². The molecule has 0 radical (unpaired) electrons. The van der Waals surface area contributed by atoms with Gasteiger partial charge in [0, 0.05) is 31.1 Å². The maximum absolute atomic E-state index is 5.64. The van der Waals surface area contributed by atoms with Gasteiger partial charge in [-0.05, 0) is 31.5 Å². The highest BCUT2D eigenvalue weighted by atomic mass is 16.5. The van der Waals surface area contributed by atoms with E-state index in [1.807, 2.05) is 6.07 Å². The number of hydrogen-bond donors (Lipinski definition) is 0. The van der Waals surface area contributed by atoms with Crippen LogP contribution in [0.25, 0.3) is 10.8 Å². The molecule has 0 amide bonds. The highest BCUT2D eigenvalue weighted by molar-refractivity contribution is 5.99. The van der Waals surface area contributed by atoms with Crippen molar-refractivity contribution in [2.75, 3.05) is 46.4 Å². The van der Waals surface area contributed by atoms with Crippen LogP contribution in [0, 0.1) is 0 Å². The molecule has 0 bridgehead atoms. The van der Waals surface area contributed by atoms with E-state index in [-0.39, 0.29) is 0 Å². The average Bonchev–Trinajstić information content (AvgIpc) is 2.83. The van der Waals surface area contributed by atoms with Gasteiger partial charge in [-0.15, -0.1) is 5.10 Å². The lowest BCUT2D eigenvalue weighted by molar-refractivity contribution is 0.200. The lowest BCUT2D eigenvalue weighted by Gasteiger charge is -2.37. The molecule has 31 heavy (non-hydrogen) atoms.